The van der Waals surface area contributed by atoms with Gasteiger partial charge < -0.3 is 4.98 Å². The third kappa shape index (κ3) is 2.17. The van der Waals surface area contributed by atoms with E-state index < -0.39 is 10.0 Å². The van der Waals surface area contributed by atoms with Gasteiger partial charge in [0.1, 0.15) is 0 Å². The van der Waals surface area contributed by atoms with Crippen LogP contribution in [0.15, 0.2) is 35.4 Å². The fraction of sp³-hybridized carbons (Fsp3) is 0.333. The molecule has 1 aromatic carbocycles. The molecule has 0 saturated carbocycles. The number of fused-ring (bicyclic) bond motifs is 1. The molecule has 0 unspecified atom stereocenters. The van der Waals surface area contributed by atoms with Crippen LogP contribution in [-0.2, 0) is 23.0 Å². The van der Waals surface area contributed by atoms with Crippen molar-refractivity contribution in [1.29, 1.82) is 0 Å². The van der Waals surface area contributed by atoms with Crippen molar-refractivity contribution in [3.05, 3.63) is 52.8 Å². The van der Waals surface area contributed by atoms with Crippen LogP contribution in [0.5, 0.6) is 0 Å². The molecule has 0 fully saturated rings. The average molecular weight is 290 g/mol. The number of hydrogen-bond acceptors (Lipinski definition) is 2. The second-order valence-corrected chi connectivity index (χ2v) is 7.25. The third-order valence-electron chi connectivity index (χ3n) is 3.84. The first-order valence-corrected chi connectivity index (χ1v) is 8.15. The van der Waals surface area contributed by atoms with Crippen molar-refractivity contribution in [1.82, 2.24) is 9.29 Å². The SMILES string of the molecule is Cc1ccc(S(=O)(=O)N2CCc3[nH]ccc3C2)c(C)c1. The molecule has 4 nitrogen and oxygen atoms in total. The summed E-state index contributed by atoms with van der Waals surface area (Å²) < 4.78 is 27.1. The normalized spacial score (nSPS) is 16.1. The predicted molar refractivity (Wildman–Crippen MR) is 78.0 cm³/mol. The first-order valence-electron chi connectivity index (χ1n) is 6.71. The molecule has 0 amide bonds. The standard InChI is InChI=1S/C15H18N2O2S/c1-11-3-4-15(12(2)9-11)20(18,19)17-8-6-14-13(10-17)5-7-16-14/h3-5,7,9,16H,6,8,10H2,1-2H3. The van der Waals surface area contributed by atoms with Gasteiger partial charge in [-0.15, -0.1) is 0 Å². The average Bonchev–Trinajstić information content (AvgIpc) is 2.85. The molecule has 106 valence electrons. The van der Waals surface area contributed by atoms with Crippen molar-refractivity contribution < 1.29 is 8.42 Å². The second kappa shape index (κ2) is 4.75. The predicted octanol–water partition coefficient (Wildman–Crippen LogP) is 2.38. The second-order valence-electron chi connectivity index (χ2n) is 5.34. The minimum atomic E-state index is -3.41. The van der Waals surface area contributed by atoms with E-state index in [0.29, 0.717) is 18.0 Å². The van der Waals surface area contributed by atoms with E-state index in [9.17, 15) is 8.42 Å². The Hall–Kier alpha value is -1.59. The largest absolute Gasteiger partial charge is 0.365 e. The van der Waals surface area contributed by atoms with Crippen LogP contribution in [0.25, 0.3) is 0 Å². The van der Waals surface area contributed by atoms with Gasteiger partial charge in [-0.2, -0.15) is 4.31 Å². The van der Waals surface area contributed by atoms with Gasteiger partial charge in [0.2, 0.25) is 10.0 Å². The number of aryl methyl sites for hydroxylation is 2. The zero-order valence-corrected chi connectivity index (χ0v) is 12.5. The number of benzene rings is 1. The molecule has 0 aliphatic carbocycles. The first kappa shape index (κ1) is 13.4. The smallest absolute Gasteiger partial charge is 0.243 e. The number of nitrogens with zero attached hydrogens (tertiary/aromatic N) is 1. The quantitative estimate of drug-likeness (QED) is 0.923. The van der Waals surface area contributed by atoms with Crippen molar-refractivity contribution in [3.8, 4) is 0 Å². The van der Waals surface area contributed by atoms with Gasteiger partial charge >= 0.3 is 0 Å². The van der Waals surface area contributed by atoms with Crippen molar-refractivity contribution in [2.24, 2.45) is 0 Å². The monoisotopic (exact) mass is 290 g/mol. The molecule has 0 atom stereocenters. The van der Waals surface area contributed by atoms with Gasteiger partial charge in [0.15, 0.2) is 0 Å². The lowest BCUT2D eigenvalue weighted by Gasteiger charge is -2.27. The van der Waals surface area contributed by atoms with Gasteiger partial charge in [-0.3, -0.25) is 0 Å². The molecule has 2 aromatic rings. The van der Waals surface area contributed by atoms with Crippen molar-refractivity contribution in [3.63, 3.8) is 0 Å². The summed E-state index contributed by atoms with van der Waals surface area (Å²) in [5.74, 6) is 0. The van der Waals surface area contributed by atoms with Crippen molar-refractivity contribution in [2.75, 3.05) is 6.54 Å². The Morgan fingerprint density at radius 3 is 2.75 bits per heavy atom. The van der Waals surface area contributed by atoms with Crippen LogP contribution in [-0.4, -0.2) is 24.3 Å². The summed E-state index contributed by atoms with van der Waals surface area (Å²) in [5, 5.41) is 0. The van der Waals surface area contributed by atoms with Crippen LogP contribution >= 0.6 is 0 Å². The lowest BCUT2D eigenvalue weighted by atomic mass is 10.1. The first-order chi connectivity index (χ1) is 9.48. The van der Waals surface area contributed by atoms with Crippen LogP contribution in [0.2, 0.25) is 0 Å². The lowest BCUT2D eigenvalue weighted by molar-refractivity contribution is 0.389. The summed E-state index contributed by atoms with van der Waals surface area (Å²) in [6.45, 7) is 4.81. The van der Waals surface area contributed by atoms with E-state index in [1.807, 2.05) is 38.2 Å². The Labute approximate surface area is 119 Å². The van der Waals surface area contributed by atoms with Gasteiger partial charge in [-0.05, 0) is 37.1 Å². The van der Waals surface area contributed by atoms with Crippen LogP contribution < -0.4 is 0 Å². The van der Waals surface area contributed by atoms with Gasteiger partial charge in [0, 0.05) is 31.4 Å². The van der Waals surface area contributed by atoms with Crippen LogP contribution in [0.3, 0.4) is 0 Å². The number of rotatable bonds is 2. The van der Waals surface area contributed by atoms with Gasteiger partial charge in [-0.25, -0.2) is 8.42 Å². The van der Waals surface area contributed by atoms with E-state index in [1.54, 1.807) is 10.4 Å². The minimum absolute atomic E-state index is 0.419. The molecular formula is C15H18N2O2S. The molecule has 1 N–H and O–H groups in total. The number of aromatic nitrogens is 1. The van der Waals surface area contributed by atoms with Crippen LogP contribution in [0, 0.1) is 13.8 Å². The fourth-order valence-corrected chi connectivity index (χ4v) is 4.38. The molecule has 0 spiro atoms. The molecule has 3 rings (SSSR count). The highest BCUT2D eigenvalue weighted by Crippen LogP contribution is 2.26. The Morgan fingerprint density at radius 2 is 2.00 bits per heavy atom. The zero-order valence-electron chi connectivity index (χ0n) is 11.7. The number of hydrogen-bond donors (Lipinski definition) is 1. The Kier molecular flexibility index (Phi) is 3.18. The lowest BCUT2D eigenvalue weighted by Crippen LogP contribution is -2.36. The molecule has 2 heterocycles. The third-order valence-corrected chi connectivity index (χ3v) is 5.84. The van der Waals surface area contributed by atoms with Crippen LogP contribution in [0.4, 0.5) is 0 Å². The summed E-state index contributed by atoms with van der Waals surface area (Å²) in [7, 11) is -3.41. The van der Waals surface area contributed by atoms with Gasteiger partial charge in [-0.1, -0.05) is 17.7 Å². The summed E-state index contributed by atoms with van der Waals surface area (Å²) in [6.07, 6.45) is 2.62. The Bertz CT molecular complexity index is 747. The number of nitrogens with one attached hydrogen (secondary N) is 1. The molecule has 20 heavy (non-hydrogen) atoms. The van der Waals surface area contributed by atoms with E-state index in [2.05, 4.69) is 4.98 Å². The molecule has 5 heteroatoms. The maximum atomic E-state index is 12.8. The Balaban J connectivity index is 1.97. The van der Waals surface area contributed by atoms with E-state index in [-0.39, 0.29) is 0 Å². The van der Waals surface area contributed by atoms with E-state index in [1.165, 1.54) is 0 Å². The fourth-order valence-electron chi connectivity index (χ4n) is 2.76. The summed E-state index contributed by atoms with van der Waals surface area (Å²) in [5.41, 5.74) is 4.11. The molecule has 1 aliphatic heterocycles. The maximum Gasteiger partial charge on any atom is 0.243 e. The highest BCUT2D eigenvalue weighted by molar-refractivity contribution is 7.89. The number of sulfonamides is 1. The number of aromatic amines is 1. The molecular weight excluding hydrogens is 272 g/mol. The molecule has 0 radical (unpaired) electrons. The topological polar surface area (TPSA) is 53.2 Å². The molecule has 1 aliphatic rings. The van der Waals surface area contributed by atoms with Crippen molar-refractivity contribution in [2.45, 2.75) is 31.7 Å². The maximum absolute atomic E-state index is 12.8. The summed E-state index contributed by atoms with van der Waals surface area (Å²) >= 11 is 0. The Morgan fingerprint density at radius 1 is 1.20 bits per heavy atom. The minimum Gasteiger partial charge on any atom is -0.365 e. The van der Waals surface area contributed by atoms with Gasteiger partial charge in [0.25, 0.3) is 0 Å². The number of H-pyrrole nitrogens is 1. The zero-order chi connectivity index (χ0) is 14.3. The van der Waals surface area contributed by atoms with Crippen molar-refractivity contribution >= 4 is 10.0 Å². The van der Waals surface area contributed by atoms with Crippen LogP contribution in [0.1, 0.15) is 22.4 Å². The highest BCUT2D eigenvalue weighted by Gasteiger charge is 2.29. The summed E-state index contributed by atoms with van der Waals surface area (Å²) in [6, 6.07) is 7.44. The molecule has 1 aromatic heterocycles. The molecule has 0 bridgehead atoms. The molecule has 0 saturated heterocycles. The summed E-state index contributed by atoms with van der Waals surface area (Å²) in [4.78, 5) is 3.59. The van der Waals surface area contributed by atoms with E-state index in [4.69, 9.17) is 0 Å². The van der Waals surface area contributed by atoms with E-state index >= 15 is 0 Å². The van der Waals surface area contributed by atoms with Gasteiger partial charge in [0.05, 0.1) is 4.90 Å². The van der Waals surface area contributed by atoms with E-state index in [0.717, 1.165) is 28.8 Å². The highest BCUT2D eigenvalue weighted by atomic mass is 32.2.